The third kappa shape index (κ3) is 5.56. The van der Waals surface area contributed by atoms with Gasteiger partial charge in [-0.3, -0.25) is 4.90 Å². The maximum Gasteiger partial charge on any atom is 0.107 e. The van der Waals surface area contributed by atoms with Crippen LogP contribution in [0.25, 0.3) is 0 Å². The van der Waals surface area contributed by atoms with Gasteiger partial charge in [0, 0.05) is 23.4 Å². The first-order chi connectivity index (χ1) is 7.95. The molecule has 3 nitrogen and oxygen atoms in total. The van der Waals surface area contributed by atoms with Gasteiger partial charge in [-0.05, 0) is 19.4 Å². The number of nitrogens with zero attached hydrogens (tertiary/aromatic N) is 2. The molecule has 0 aliphatic carbocycles. The Kier molecular flexibility index (Phi) is 7.85. The standard InChI is InChI=1S/C13H23N3S.2ClH/c1-13(2,3)11-9-17-12(15-11)8-16-6-4-5-10(14)7-16;;/h9-10H,4-8,14H2,1-3H3;2*1H/t10-;;/m1../s1. The lowest BCUT2D eigenvalue weighted by Crippen LogP contribution is -2.42. The van der Waals surface area contributed by atoms with E-state index < -0.39 is 0 Å². The zero-order valence-corrected chi connectivity index (χ0v) is 14.3. The Balaban J connectivity index is 0.00000162. The van der Waals surface area contributed by atoms with Crippen molar-refractivity contribution in [2.24, 2.45) is 5.73 Å². The van der Waals surface area contributed by atoms with E-state index in [-0.39, 0.29) is 30.2 Å². The zero-order valence-electron chi connectivity index (χ0n) is 11.9. The second-order valence-corrected chi connectivity index (χ2v) is 6.96. The molecule has 0 aromatic carbocycles. The molecule has 2 rings (SSSR count). The van der Waals surface area contributed by atoms with Crippen molar-refractivity contribution in [1.82, 2.24) is 9.88 Å². The molecule has 0 unspecified atom stereocenters. The van der Waals surface area contributed by atoms with Crippen molar-refractivity contribution in [2.75, 3.05) is 13.1 Å². The lowest BCUT2D eigenvalue weighted by atomic mass is 9.93. The van der Waals surface area contributed by atoms with E-state index in [0.717, 1.165) is 19.6 Å². The predicted molar refractivity (Wildman–Crippen MR) is 87.8 cm³/mol. The van der Waals surface area contributed by atoms with E-state index in [0.29, 0.717) is 6.04 Å². The predicted octanol–water partition coefficient (Wildman–Crippen LogP) is 3.21. The van der Waals surface area contributed by atoms with Gasteiger partial charge in [0.05, 0.1) is 12.2 Å². The molecule has 2 heterocycles. The highest BCUT2D eigenvalue weighted by molar-refractivity contribution is 7.09. The second kappa shape index (κ2) is 7.79. The van der Waals surface area contributed by atoms with Crippen molar-refractivity contribution in [3.05, 3.63) is 16.1 Å². The van der Waals surface area contributed by atoms with Crippen molar-refractivity contribution in [1.29, 1.82) is 0 Å². The lowest BCUT2D eigenvalue weighted by Gasteiger charge is -2.29. The average Bonchev–Trinajstić information content (AvgIpc) is 2.65. The van der Waals surface area contributed by atoms with Gasteiger partial charge in [-0.25, -0.2) is 4.98 Å². The lowest BCUT2D eigenvalue weighted by molar-refractivity contribution is 0.201. The van der Waals surface area contributed by atoms with E-state index in [2.05, 4.69) is 31.1 Å². The fraction of sp³-hybridized carbons (Fsp3) is 0.769. The van der Waals surface area contributed by atoms with Gasteiger partial charge in [0.15, 0.2) is 0 Å². The van der Waals surface area contributed by atoms with Gasteiger partial charge in [-0.2, -0.15) is 0 Å². The maximum absolute atomic E-state index is 5.99. The molecule has 0 spiro atoms. The van der Waals surface area contributed by atoms with Crippen LogP contribution >= 0.6 is 36.2 Å². The van der Waals surface area contributed by atoms with Crippen LogP contribution in [0.2, 0.25) is 0 Å². The quantitative estimate of drug-likeness (QED) is 0.907. The number of piperidine rings is 1. The number of halogens is 2. The normalized spacial score (nSPS) is 20.5. The highest BCUT2D eigenvalue weighted by atomic mass is 35.5. The molecular weight excluding hydrogens is 301 g/mol. The van der Waals surface area contributed by atoms with E-state index in [9.17, 15) is 0 Å². The number of thiazole rings is 1. The summed E-state index contributed by atoms with van der Waals surface area (Å²) in [6.07, 6.45) is 2.39. The molecule has 1 fully saturated rings. The van der Waals surface area contributed by atoms with Crippen molar-refractivity contribution >= 4 is 36.2 Å². The van der Waals surface area contributed by atoms with Crippen LogP contribution in [0.15, 0.2) is 5.38 Å². The molecule has 19 heavy (non-hydrogen) atoms. The largest absolute Gasteiger partial charge is 0.327 e. The first-order valence-corrected chi connectivity index (χ1v) is 7.26. The molecule has 0 bridgehead atoms. The Hall–Kier alpha value is 0.130. The summed E-state index contributed by atoms with van der Waals surface area (Å²) in [7, 11) is 0. The minimum absolute atomic E-state index is 0. The summed E-state index contributed by atoms with van der Waals surface area (Å²) in [6.45, 7) is 9.78. The Morgan fingerprint density at radius 1 is 1.42 bits per heavy atom. The first kappa shape index (κ1) is 19.1. The van der Waals surface area contributed by atoms with E-state index in [4.69, 9.17) is 10.7 Å². The third-order valence-corrected chi connectivity index (χ3v) is 4.05. The Bertz CT molecular complexity index is 376. The molecule has 6 heteroatoms. The second-order valence-electron chi connectivity index (χ2n) is 6.01. The molecule has 1 aromatic rings. The Morgan fingerprint density at radius 2 is 2.11 bits per heavy atom. The number of likely N-dealkylation sites (tertiary alicyclic amines) is 1. The van der Waals surface area contributed by atoms with Gasteiger partial charge in [0.1, 0.15) is 5.01 Å². The van der Waals surface area contributed by atoms with Crippen LogP contribution in [-0.4, -0.2) is 29.0 Å². The van der Waals surface area contributed by atoms with E-state index >= 15 is 0 Å². The topological polar surface area (TPSA) is 42.1 Å². The van der Waals surface area contributed by atoms with Gasteiger partial charge < -0.3 is 5.73 Å². The monoisotopic (exact) mass is 325 g/mol. The molecule has 112 valence electrons. The third-order valence-electron chi connectivity index (χ3n) is 3.22. The van der Waals surface area contributed by atoms with Crippen LogP contribution in [0.4, 0.5) is 0 Å². The van der Waals surface area contributed by atoms with Gasteiger partial charge >= 0.3 is 0 Å². The summed E-state index contributed by atoms with van der Waals surface area (Å²) in [5.74, 6) is 0. The Morgan fingerprint density at radius 3 is 2.63 bits per heavy atom. The highest BCUT2D eigenvalue weighted by Gasteiger charge is 2.20. The molecule has 1 aromatic heterocycles. The smallest absolute Gasteiger partial charge is 0.107 e. The van der Waals surface area contributed by atoms with Crippen molar-refractivity contribution < 1.29 is 0 Å². The summed E-state index contributed by atoms with van der Waals surface area (Å²) in [4.78, 5) is 7.17. The summed E-state index contributed by atoms with van der Waals surface area (Å²) in [5, 5.41) is 3.42. The summed E-state index contributed by atoms with van der Waals surface area (Å²) >= 11 is 1.78. The fourth-order valence-electron chi connectivity index (χ4n) is 2.15. The maximum atomic E-state index is 5.99. The minimum Gasteiger partial charge on any atom is -0.327 e. The number of hydrogen-bond donors (Lipinski definition) is 1. The highest BCUT2D eigenvalue weighted by Crippen LogP contribution is 2.25. The molecule has 1 aliphatic rings. The van der Waals surface area contributed by atoms with E-state index in [1.807, 2.05) is 0 Å². The number of rotatable bonds is 2. The molecule has 0 amide bonds. The van der Waals surface area contributed by atoms with E-state index in [1.54, 1.807) is 11.3 Å². The summed E-state index contributed by atoms with van der Waals surface area (Å²) in [5.41, 5.74) is 7.36. The van der Waals surface area contributed by atoms with Gasteiger partial charge in [-0.15, -0.1) is 36.2 Å². The van der Waals surface area contributed by atoms with Crippen LogP contribution in [0.1, 0.15) is 44.3 Å². The van der Waals surface area contributed by atoms with Crippen LogP contribution in [0.5, 0.6) is 0 Å². The van der Waals surface area contributed by atoms with E-state index in [1.165, 1.54) is 23.5 Å². The molecule has 1 atom stereocenters. The molecule has 0 radical (unpaired) electrons. The molecule has 1 saturated heterocycles. The van der Waals surface area contributed by atoms with Gasteiger partial charge in [-0.1, -0.05) is 20.8 Å². The first-order valence-electron chi connectivity index (χ1n) is 6.38. The van der Waals surface area contributed by atoms with Crippen molar-refractivity contribution in [3.8, 4) is 0 Å². The molecule has 0 saturated carbocycles. The molecule has 1 aliphatic heterocycles. The molecule has 2 N–H and O–H groups in total. The van der Waals surface area contributed by atoms with Crippen LogP contribution in [0.3, 0.4) is 0 Å². The van der Waals surface area contributed by atoms with Crippen LogP contribution in [-0.2, 0) is 12.0 Å². The fourth-order valence-corrected chi connectivity index (χ4v) is 3.22. The number of hydrogen-bond acceptors (Lipinski definition) is 4. The van der Waals surface area contributed by atoms with Crippen LogP contribution in [0, 0.1) is 0 Å². The zero-order chi connectivity index (χ0) is 12.5. The number of nitrogens with two attached hydrogens (primary N) is 1. The average molecular weight is 326 g/mol. The Labute approximate surface area is 132 Å². The minimum atomic E-state index is 0. The van der Waals surface area contributed by atoms with Gasteiger partial charge in [0.2, 0.25) is 0 Å². The van der Waals surface area contributed by atoms with Crippen molar-refractivity contribution in [2.45, 2.75) is 51.6 Å². The van der Waals surface area contributed by atoms with Crippen molar-refractivity contribution in [3.63, 3.8) is 0 Å². The van der Waals surface area contributed by atoms with Gasteiger partial charge in [0.25, 0.3) is 0 Å². The molecular formula is C13H25Cl2N3S. The summed E-state index contributed by atoms with van der Waals surface area (Å²) in [6, 6.07) is 0.353. The van der Waals surface area contributed by atoms with Crippen LogP contribution < -0.4 is 5.73 Å². The SMILES string of the molecule is CC(C)(C)c1csc(CN2CCC[C@@H](N)C2)n1.Cl.Cl. The number of aromatic nitrogens is 1. The summed E-state index contributed by atoms with van der Waals surface area (Å²) < 4.78 is 0.